The third-order valence-electron chi connectivity index (χ3n) is 2.08. The zero-order valence-corrected chi connectivity index (χ0v) is 12.7. The molecule has 0 spiro atoms. The van der Waals surface area contributed by atoms with Gasteiger partial charge in [0.1, 0.15) is 0 Å². The van der Waals surface area contributed by atoms with E-state index in [1.54, 1.807) is 18.0 Å². The second-order valence-corrected chi connectivity index (χ2v) is 3.66. The van der Waals surface area contributed by atoms with Gasteiger partial charge < -0.3 is 14.4 Å². The number of ether oxygens (including phenoxy) is 2. The summed E-state index contributed by atoms with van der Waals surface area (Å²) in [7, 11) is 0. The Morgan fingerprint density at radius 3 is 1.95 bits per heavy atom. The summed E-state index contributed by atoms with van der Waals surface area (Å²) in [6.45, 7) is 13.8. The van der Waals surface area contributed by atoms with Crippen LogP contribution in [0.4, 0.5) is 0 Å². The molecule has 1 heterocycles. The van der Waals surface area contributed by atoms with E-state index in [4.69, 9.17) is 0 Å². The second-order valence-electron chi connectivity index (χ2n) is 3.66. The van der Waals surface area contributed by atoms with Crippen LogP contribution in [0, 0.1) is 0 Å². The quantitative estimate of drug-likeness (QED) is 0.589. The third-order valence-corrected chi connectivity index (χ3v) is 2.08. The first kappa shape index (κ1) is 20.9. The number of likely N-dealkylation sites (tertiary alicyclic amines) is 1. The summed E-state index contributed by atoms with van der Waals surface area (Å²) in [5, 5.41) is 0. The van der Waals surface area contributed by atoms with Crippen LogP contribution in [0.2, 0.25) is 0 Å². The molecule has 1 rings (SSSR count). The van der Waals surface area contributed by atoms with Crippen molar-refractivity contribution in [3.8, 4) is 0 Å². The van der Waals surface area contributed by atoms with Crippen molar-refractivity contribution < 1.29 is 23.9 Å². The van der Waals surface area contributed by atoms with Crippen molar-refractivity contribution in [3.05, 3.63) is 38.5 Å². The zero-order chi connectivity index (χ0) is 16.7. The average molecular weight is 297 g/mol. The summed E-state index contributed by atoms with van der Waals surface area (Å²) in [5.74, 6) is -0.361. The Morgan fingerprint density at radius 2 is 1.81 bits per heavy atom. The fourth-order valence-corrected chi connectivity index (χ4v) is 1.16. The molecular weight excluding hydrogens is 274 g/mol. The molecule has 0 radical (unpaired) electrons. The van der Waals surface area contributed by atoms with Gasteiger partial charge in [-0.05, 0) is 12.6 Å². The Morgan fingerprint density at radius 1 is 1.24 bits per heavy atom. The highest BCUT2D eigenvalue weighted by atomic mass is 16.5. The van der Waals surface area contributed by atoms with E-state index < -0.39 is 0 Å². The number of hydrogen-bond acceptors (Lipinski definition) is 5. The van der Waals surface area contributed by atoms with Crippen LogP contribution in [0.3, 0.4) is 0 Å². The molecule has 0 unspecified atom stereocenters. The molecule has 0 atom stereocenters. The SMILES string of the molecule is C=CN1CCCC1=O.C=COC(=O)CC.C=COC(C)=O. The van der Waals surface area contributed by atoms with Crippen molar-refractivity contribution >= 4 is 17.8 Å². The van der Waals surface area contributed by atoms with E-state index >= 15 is 0 Å². The van der Waals surface area contributed by atoms with Crippen LogP contribution in [0.15, 0.2) is 38.5 Å². The van der Waals surface area contributed by atoms with Crippen molar-refractivity contribution in [2.24, 2.45) is 0 Å². The fourth-order valence-electron chi connectivity index (χ4n) is 1.16. The summed E-state index contributed by atoms with van der Waals surface area (Å²) in [6.07, 6.45) is 5.92. The minimum Gasteiger partial charge on any atom is -0.435 e. The Labute approximate surface area is 125 Å². The fraction of sp³-hybridized carbons (Fsp3) is 0.400. The highest BCUT2D eigenvalue weighted by molar-refractivity contribution is 5.78. The van der Waals surface area contributed by atoms with Crippen LogP contribution < -0.4 is 0 Å². The zero-order valence-electron chi connectivity index (χ0n) is 12.7. The first-order chi connectivity index (χ1) is 9.92. The Balaban J connectivity index is 0. The van der Waals surface area contributed by atoms with Crippen molar-refractivity contribution in [2.75, 3.05) is 6.54 Å². The van der Waals surface area contributed by atoms with Crippen LogP contribution >= 0.6 is 0 Å². The van der Waals surface area contributed by atoms with Crippen LogP contribution in [0.5, 0.6) is 0 Å². The Bertz CT molecular complexity index is 376. The van der Waals surface area contributed by atoms with Gasteiger partial charge in [-0.3, -0.25) is 14.4 Å². The number of rotatable bonds is 4. The number of amides is 1. The van der Waals surface area contributed by atoms with Crippen LogP contribution in [0.25, 0.3) is 0 Å². The van der Waals surface area contributed by atoms with Crippen molar-refractivity contribution in [1.82, 2.24) is 4.90 Å². The van der Waals surface area contributed by atoms with Gasteiger partial charge in [0.15, 0.2) is 0 Å². The predicted molar refractivity (Wildman–Crippen MR) is 79.7 cm³/mol. The molecule has 0 aromatic heterocycles. The van der Waals surface area contributed by atoms with E-state index in [0.717, 1.165) is 25.5 Å². The lowest BCUT2D eigenvalue weighted by atomic mass is 10.4. The Hall–Kier alpha value is -2.37. The minimum absolute atomic E-state index is 0.208. The number of carbonyl (C=O) groups is 3. The van der Waals surface area contributed by atoms with Gasteiger partial charge in [0.2, 0.25) is 5.91 Å². The molecule has 0 bridgehead atoms. The van der Waals surface area contributed by atoms with Gasteiger partial charge in [0.05, 0.1) is 12.5 Å². The van der Waals surface area contributed by atoms with Crippen LogP contribution in [0.1, 0.15) is 33.1 Å². The first-order valence-electron chi connectivity index (χ1n) is 6.43. The first-order valence-corrected chi connectivity index (χ1v) is 6.43. The van der Waals surface area contributed by atoms with E-state index in [-0.39, 0.29) is 17.8 Å². The molecule has 0 N–H and O–H groups in total. The summed E-state index contributed by atoms with van der Waals surface area (Å²) >= 11 is 0. The topological polar surface area (TPSA) is 72.9 Å². The molecule has 6 heteroatoms. The Kier molecular flexibility index (Phi) is 14.0. The normalized spacial score (nSPS) is 11.9. The molecule has 0 aliphatic carbocycles. The summed E-state index contributed by atoms with van der Waals surface area (Å²) < 4.78 is 8.48. The highest BCUT2D eigenvalue weighted by Gasteiger charge is 2.15. The van der Waals surface area contributed by atoms with Crippen LogP contribution in [-0.2, 0) is 23.9 Å². The monoisotopic (exact) mass is 297 g/mol. The standard InChI is InChI=1S/C6H9NO.C5H8O2.C4H6O2/c1-2-7-5-3-4-6(7)8;1-3-5(6)7-4-2;1-3-6-4(2)5/h2H,1,3-5H2;4H,2-3H2,1H3;3H,1H2,2H3. The van der Waals surface area contributed by atoms with E-state index in [1.807, 2.05) is 0 Å². The minimum atomic E-state index is -0.329. The number of hydrogen-bond donors (Lipinski definition) is 0. The largest absolute Gasteiger partial charge is 0.435 e. The highest BCUT2D eigenvalue weighted by Crippen LogP contribution is 2.08. The van der Waals surface area contributed by atoms with E-state index in [9.17, 15) is 14.4 Å². The third kappa shape index (κ3) is 13.9. The predicted octanol–water partition coefficient (Wildman–Crippen LogP) is 2.53. The van der Waals surface area contributed by atoms with Crippen molar-refractivity contribution in [2.45, 2.75) is 33.1 Å². The maximum absolute atomic E-state index is 10.7. The van der Waals surface area contributed by atoms with Gasteiger partial charge in [0.25, 0.3) is 0 Å². The van der Waals surface area contributed by atoms with Gasteiger partial charge >= 0.3 is 11.9 Å². The summed E-state index contributed by atoms with van der Waals surface area (Å²) in [6, 6.07) is 0. The molecule has 6 nitrogen and oxygen atoms in total. The van der Waals surface area contributed by atoms with E-state index in [1.165, 1.54) is 6.92 Å². The molecule has 1 fully saturated rings. The van der Waals surface area contributed by atoms with E-state index in [2.05, 4.69) is 29.2 Å². The van der Waals surface area contributed by atoms with Crippen LogP contribution in [-0.4, -0.2) is 29.3 Å². The summed E-state index contributed by atoms with van der Waals surface area (Å²) in [4.78, 5) is 32.2. The second kappa shape index (κ2) is 14.0. The molecule has 118 valence electrons. The smallest absolute Gasteiger partial charge is 0.310 e. The molecular formula is C15H23NO5. The van der Waals surface area contributed by atoms with Crippen molar-refractivity contribution in [1.29, 1.82) is 0 Å². The number of esters is 2. The number of carbonyl (C=O) groups excluding carboxylic acids is 3. The lowest BCUT2D eigenvalue weighted by molar-refractivity contribution is -0.137. The van der Waals surface area contributed by atoms with Gasteiger partial charge in [0, 0.05) is 26.3 Å². The van der Waals surface area contributed by atoms with Gasteiger partial charge in [-0.25, -0.2) is 0 Å². The van der Waals surface area contributed by atoms with Gasteiger partial charge in [-0.2, -0.15) is 0 Å². The summed E-state index contributed by atoms with van der Waals surface area (Å²) in [5.41, 5.74) is 0. The molecule has 1 amide bonds. The average Bonchev–Trinajstić information content (AvgIpc) is 2.85. The molecule has 0 aromatic rings. The van der Waals surface area contributed by atoms with E-state index in [0.29, 0.717) is 12.8 Å². The van der Waals surface area contributed by atoms with Gasteiger partial charge in [-0.15, -0.1) is 0 Å². The lowest BCUT2D eigenvalue weighted by Gasteiger charge is -2.05. The molecule has 21 heavy (non-hydrogen) atoms. The van der Waals surface area contributed by atoms with Crippen molar-refractivity contribution in [3.63, 3.8) is 0 Å². The van der Waals surface area contributed by atoms with Gasteiger partial charge in [-0.1, -0.05) is 26.7 Å². The molecule has 1 aliphatic heterocycles. The maximum atomic E-state index is 10.7. The lowest BCUT2D eigenvalue weighted by Crippen LogP contribution is -2.16. The maximum Gasteiger partial charge on any atom is 0.310 e. The molecule has 0 aromatic carbocycles. The molecule has 1 aliphatic rings. The number of nitrogens with zero attached hydrogens (tertiary/aromatic N) is 1. The molecule has 0 saturated carbocycles. The molecule has 1 saturated heterocycles.